The molecule has 30 heavy (non-hydrogen) atoms. The van der Waals surface area contributed by atoms with E-state index in [1.165, 1.54) is 6.33 Å². The zero-order chi connectivity index (χ0) is 20.7. The van der Waals surface area contributed by atoms with Crippen molar-refractivity contribution >= 4 is 44.7 Å². The molecule has 3 atom stereocenters. The highest BCUT2D eigenvalue weighted by molar-refractivity contribution is 7.83. The van der Waals surface area contributed by atoms with Crippen molar-refractivity contribution in [2.45, 2.75) is 29.9 Å². The molecule has 2 aromatic carbocycles. The van der Waals surface area contributed by atoms with E-state index in [0.717, 1.165) is 34.8 Å². The molecule has 5 rings (SSSR count). The lowest BCUT2D eigenvalue weighted by Gasteiger charge is -2.14. The van der Waals surface area contributed by atoms with Crippen LogP contribution in [0.1, 0.15) is 24.6 Å². The van der Waals surface area contributed by atoms with Crippen LogP contribution < -0.4 is 10.5 Å². The highest BCUT2D eigenvalue weighted by Crippen LogP contribution is 2.33. The molecule has 9 heteroatoms. The molecule has 0 spiro atoms. The lowest BCUT2D eigenvalue weighted by molar-refractivity contribution is 0.0447. The van der Waals surface area contributed by atoms with Crippen LogP contribution in [0, 0.1) is 0 Å². The molecule has 1 aliphatic rings. The van der Waals surface area contributed by atoms with Crippen LogP contribution in [0.4, 0.5) is 5.82 Å². The fourth-order valence-electron chi connectivity index (χ4n) is 3.88. The van der Waals surface area contributed by atoms with Gasteiger partial charge in [0.2, 0.25) is 0 Å². The monoisotopic (exact) mass is 441 g/mol. The summed E-state index contributed by atoms with van der Waals surface area (Å²) in [6.07, 6.45) is 3.07. The lowest BCUT2D eigenvalue weighted by Crippen LogP contribution is -2.28. The average molecular weight is 442 g/mol. The molecule has 0 saturated carbocycles. The summed E-state index contributed by atoms with van der Waals surface area (Å²) in [6.45, 7) is 0.497. The Labute approximate surface area is 180 Å². The number of nitrogens with zero attached hydrogens (tertiary/aromatic N) is 3. The summed E-state index contributed by atoms with van der Waals surface area (Å²) < 4.78 is 23.8. The number of nitrogens with one attached hydrogen (secondary N) is 1. The number of halogens is 1. The number of rotatable bonds is 5. The third-order valence-electron chi connectivity index (χ3n) is 5.40. The van der Waals surface area contributed by atoms with Gasteiger partial charge in [-0.2, -0.15) is 5.10 Å². The molecule has 2 aromatic heterocycles. The Hall–Kier alpha value is -2.52. The molecule has 0 aliphatic carbocycles. The first-order valence-corrected chi connectivity index (χ1v) is 11.2. The molecule has 154 valence electrons. The van der Waals surface area contributed by atoms with Gasteiger partial charge in [0.25, 0.3) is 0 Å². The first-order chi connectivity index (χ1) is 14.6. The molecule has 0 radical (unpaired) electrons. The zero-order valence-electron chi connectivity index (χ0n) is 16.0. The Kier molecular flexibility index (Phi) is 5.16. The summed E-state index contributed by atoms with van der Waals surface area (Å²) in [5, 5.41) is 6.89. The maximum Gasteiger partial charge on any atom is 0.151 e. The highest BCUT2D eigenvalue weighted by Gasteiger charge is 2.29. The summed E-state index contributed by atoms with van der Waals surface area (Å²) in [6, 6.07) is 15.2. The molecule has 0 amide bonds. The molecule has 1 aliphatic heterocycles. The second-order valence-electron chi connectivity index (χ2n) is 7.26. The second kappa shape index (κ2) is 7.96. The van der Waals surface area contributed by atoms with Crippen molar-refractivity contribution in [1.82, 2.24) is 19.3 Å². The summed E-state index contributed by atoms with van der Waals surface area (Å²) in [7, 11) is -1.33. The van der Waals surface area contributed by atoms with E-state index >= 15 is 0 Å². The van der Waals surface area contributed by atoms with Gasteiger partial charge in [-0.15, -0.1) is 0 Å². The fraction of sp³-hybridized carbons (Fsp3) is 0.238. The Morgan fingerprint density at radius 2 is 2.13 bits per heavy atom. The topological polar surface area (TPSA) is 94.5 Å². The summed E-state index contributed by atoms with van der Waals surface area (Å²) >= 11 is 6.21. The molecule has 4 aromatic rings. The Morgan fingerprint density at radius 1 is 1.23 bits per heavy atom. The van der Waals surface area contributed by atoms with Crippen LogP contribution >= 0.6 is 11.6 Å². The third-order valence-corrected chi connectivity index (χ3v) is 6.84. The Morgan fingerprint density at radius 3 is 3.03 bits per heavy atom. The van der Waals surface area contributed by atoms with Crippen molar-refractivity contribution in [1.29, 1.82) is 0 Å². The minimum atomic E-state index is -1.33. The number of hydrogen-bond acceptors (Lipinski definition) is 5. The number of nitrogen functional groups attached to an aromatic ring is 1. The normalized spacial score (nSPS) is 20.2. The van der Waals surface area contributed by atoms with Gasteiger partial charge in [0.05, 0.1) is 16.7 Å². The van der Waals surface area contributed by atoms with E-state index in [2.05, 4.69) is 14.8 Å². The minimum absolute atomic E-state index is 0.0291. The number of hydrogen-bond donors (Lipinski definition) is 2. The van der Waals surface area contributed by atoms with Crippen molar-refractivity contribution in [3.63, 3.8) is 0 Å². The smallest absolute Gasteiger partial charge is 0.151 e. The van der Waals surface area contributed by atoms with Crippen molar-refractivity contribution in [3.8, 4) is 0 Å². The van der Waals surface area contributed by atoms with Gasteiger partial charge in [0.1, 0.15) is 28.9 Å². The molecule has 3 heterocycles. The van der Waals surface area contributed by atoms with Gasteiger partial charge in [-0.05, 0) is 48.6 Å². The van der Waals surface area contributed by atoms with Crippen LogP contribution in [0.5, 0.6) is 0 Å². The van der Waals surface area contributed by atoms with Gasteiger partial charge in [0.15, 0.2) is 5.82 Å². The second-order valence-corrected chi connectivity index (χ2v) is 8.97. The largest absolute Gasteiger partial charge is 0.382 e. The Bertz CT molecular complexity index is 1260. The summed E-state index contributed by atoms with van der Waals surface area (Å²) in [4.78, 5) is 4.73. The standard InChI is InChI=1S/C21H20ClN5O2S/c22-17-3-1-2-13-10-15(5-6-16(13)17)30(28)26-11-14-4-9-20(29-14)18-7-8-19-21(23)24-12-25-27(18)19/h1-3,5-8,10,12,14,20,26H,4,9,11H2,(H2,23,24,25). The van der Waals surface area contributed by atoms with Gasteiger partial charge in [-0.1, -0.05) is 29.8 Å². The molecule has 0 bridgehead atoms. The highest BCUT2D eigenvalue weighted by atomic mass is 35.5. The van der Waals surface area contributed by atoms with E-state index in [-0.39, 0.29) is 12.2 Å². The van der Waals surface area contributed by atoms with Gasteiger partial charge in [-0.3, -0.25) is 0 Å². The molecular weight excluding hydrogens is 422 g/mol. The number of aromatic nitrogens is 3. The van der Waals surface area contributed by atoms with Gasteiger partial charge in [-0.25, -0.2) is 18.4 Å². The van der Waals surface area contributed by atoms with Crippen LogP contribution in [-0.2, 0) is 15.7 Å². The van der Waals surface area contributed by atoms with Gasteiger partial charge < -0.3 is 10.5 Å². The number of ether oxygens (including phenoxy) is 1. The van der Waals surface area contributed by atoms with Gasteiger partial charge in [0, 0.05) is 17.0 Å². The fourth-order valence-corrected chi connectivity index (χ4v) is 5.05. The predicted molar refractivity (Wildman–Crippen MR) is 118 cm³/mol. The number of benzene rings is 2. The van der Waals surface area contributed by atoms with E-state index in [1.807, 2.05) is 48.5 Å². The van der Waals surface area contributed by atoms with Crippen LogP contribution in [0.15, 0.2) is 59.8 Å². The van der Waals surface area contributed by atoms with Crippen LogP contribution in [0.25, 0.3) is 16.3 Å². The molecule has 3 unspecified atom stereocenters. The lowest BCUT2D eigenvalue weighted by atomic mass is 10.1. The van der Waals surface area contributed by atoms with Crippen molar-refractivity contribution in [3.05, 3.63) is 65.6 Å². The van der Waals surface area contributed by atoms with Crippen LogP contribution in [0.2, 0.25) is 5.02 Å². The van der Waals surface area contributed by atoms with E-state index < -0.39 is 11.0 Å². The van der Waals surface area contributed by atoms with E-state index in [9.17, 15) is 4.21 Å². The predicted octanol–water partition coefficient (Wildman–Crippen LogP) is 3.65. The van der Waals surface area contributed by atoms with E-state index in [1.54, 1.807) is 4.52 Å². The molecule has 3 N–H and O–H groups in total. The molecule has 1 fully saturated rings. The molecule has 7 nitrogen and oxygen atoms in total. The van der Waals surface area contributed by atoms with Crippen molar-refractivity contribution in [2.75, 3.05) is 12.3 Å². The van der Waals surface area contributed by atoms with Crippen molar-refractivity contribution < 1.29 is 8.95 Å². The molecule has 1 saturated heterocycles. The average Bonchev–Trinajstić information content (AvgIpc) is 3.39. The first kappa shape index (κ1) is 19.4. The van der Waals surface area contributed by atoms with Gasteiger partial charge >= 0.3 is 0 Å². The molecular formula is C21H20ClN5O2S. The third kappa shape index (κ3) is 3.56. The SMILES string of the molecule is Nc1ncnn2c(C3CCC(CNS(=O)c4ccc5c(Cl)cccc5c4)O3)ccc12. The zero-order valence-corrected chi connectivity index (χ0v) is 17.6. The van der Waals surface area contributed by atoms with E-state index in [0.29, 0.717) is 22.3 Å². The quantitative estimate of drug-likeness (QED) is 0.493. The maximum absolute atomic E-state index is 12.7. The summed E-state index contributed by atoms with van der Waals surface area (Å²) in [5.74, 6) is 0.444. The van der Waals surface area contributed by atoms with Crippen LogP contribution in [-0.4, -0.2) is 31.5 Å². The number of fused-ring (bicyclic) bond motifs is 2. The first-order valence-electron chi connectivity index (χ1n) is 9.67. The summed E-state index contributed by atoms with van der Waals surface area (Å²) in [5.41, 5.74) is 7.64. The number of anilines is 1. The van der Waals surface area contributed by atoms with Crippen LogP contribution in [0.3, 0.4) is 0 Å². The minimum Gasteiger partial charge on any atom is -0.382 e. The van der Waals surface area contributed by atoms with Crippen molar-refractivity contribution in [2.24, 2.45) is 0 Å². The van der Waals surface area contributed by atoms with E-state index in [4.69, 9.17) is 22.1 Å². The maximum atomic E-state index is 12.7. The number of nitrogens with two attached hydrogens (primary N) is 1. The Balaban J connectivity index is 1.24.